The number of alkyl halides is 3. The molecule has 1 aromatic heterocycles. The summed E-state index contributed by atoms with van der Waals surface area (Å²) in [5, 5.41) is 0.133. The molecule has 0 atom stereocenters. The molecule has 0 spiro atoms. The van der Waals surface area contributed by atoms with Gasteiger partial charge < -0.3 is 0 Å². The molecule has 0 radical (unpaired) electrons. The van der Waals surface area contributed by atoms with Crippen molar-refractivity contribution in [1.82, 2.24) is 9.97 Å². The molecule has 1 aromatic carbocycles. The Labute approximate surface area is 127 Å². The van der Waals surface area contributed by atoms with Crippen molar-refractivity contribution in [3.8, 4) is 11.3 Å². The van der Waals surface area contributed by atoms with Gasteiger partial charge in [0, 0.05) is 10.6 Å². The summed E-state index contributed by atoms with van der Waals surface area (Å²) in [7, 11) is 0. The molecule has 1 heterocycles. The average molecular weight is 342 g/mol. The van der Waals surface area contributed by atoms with Crippen molar-refractivity contribution < 1.29 is 13.2 Å². The summed E-state index contributed by atoms with van der Waals surface area (Å²) in [6, 6.07) is 3.80. The maximum atomic E-state index is 12.7. The standard InChI is InChI=1S/C12H6Cl3F3N2/c1-5-7(13)3-2-6(10(5)14)8-4-9(12(16,17)18)20-11(15)19-8/h2-4H,1H3. The Morgan fingerprint density at radius 1 is 1.05 bits per heavy atom. The first-order chi connectivity index (χ1) is 9.20. The summed E-state index contributed by atoms with van der Waals surface area (Å²) < 4.78 is 38.1. The van der Waals surface area contributed by atoms with Crippen LogP contribution in [0.2, 0.25) is 15.3 Å². The molecular weight excluding hydrogens is 335 g/mol. The fraction of sp³-hybridized carbons (Fsp3) is 0.167. The van der Waals surface area contributed by atoms with E-state index >= 15 is 0 Å². The van der Waals surface area contributed by atoms with Gasteiger partial charge in [0.25, 0.3) is 0 Å². The van der Waals surface area contributed by atoms with Gasteiger partial charge in [-0.1, -0.05) is 23.2 Å². The number of hydrogen-bond donors (Lipinski definition) is 0. The zero-order chi connectivity index (χ0) is 15.1. The lowest BCUT2D eigenvalue weighted by molar-refractivity contribution is -0.141. The Bertz CT molecular complexity index is 672. The highest BCUT2D eigenvalue weighted by atomic mass is 35.5. The molecule has 20 heavy (non-hydrogen) atoms. The van der Waals surface area contributed by atoms with E-state index in [0.29, 0.717) is 16.1 Å². The predicted molar refractivity (Wildman–Crippen MR) is 72.2 cm³/mol. The van der Waals surface area contributed by atoms with Crippen LogP contribution >= 0.6 is 34.8 Å². The van der Waals surface area contributed by atoms with Crippen LogP contribution < -0.4 is 0 Å². The minimum Gasteiger partial charge on any atom is -0.218 e. The molecule has 0 bridgehead atoms. The fourth-order valence-corrected chi connectivity index (χ4v) is 2.21. The molecule has 0 amide bonds. The molecule has 0 aliphatic rings. The summed E-state index contributed by atoms with van der Waals surface area (Å²) in [4.78, 5) is 6.94. The molecular formula is C12H6Cl3F3N2. The molecule has 0 fully saturated rings. The van der Waals surface area contributed by atoms with E-state index in [1.54, 1.807) is 6.92 Å². The zero-order valence-electron chi connectivity index (χ0n) is 9.89. The second-order valence-corrected chi connectivity index (χ2v) is 5.06. The highest BCUT2D eigenvalue weighted by Crippen LogP contribution is 2.36. The second kappa shape index (κ2) is 5.39. The first kappa shape index (κ1) is 15.4. The van der Waals surface area contributed by atoms with Crippen molar-refractivity contribution in [2.45, 2.75) is 13.1 Å². The minimum absolute atomic E-state index is 0.0120. The van der Waals surface area contributed by atoms with Crippen LogP contribution in [0.5, 0.6) is 0 Å². The van der Waals surface area contributed by atoms with Gasteiger partial charge in [-0.15, -0.1) is 0 Å². The molecule has 106 valence electrons. The van der Waals surface area contributed by atoms with Crippen LogP contribution in [0.25, 0.3) is 11.3 Å². The normalized spacial score (nSPS) is 11.8. The van der Waals surface area contributed by atoms with Crippen molar-refractivity contribution in [3.63, 3.8) is 0 Å². The molecule has 0 N–H and O–H groups in total. The third-order valence-corrected chi connectivity index (χ3v) is 3.65. The Morgan fingerprint density at radius 3 is 2.30 bits per heavy atom. The van der Waals surface area contributed by atoms with E-state index in [2.05, 4.69) is 9.97 Å². The van der Waals surface area contributed by atoms with E-state index in [9.17, 15) is 13.2 Å². The zero-order valence-corrected chi connectivity index (χ0v) is 12.2. The minimum atomic E-state index is -4.62. The number of halogens is 6. The number of nitrogens with zero attached hydrogens (tertiary/aromatic N) is 2. The summed E-state index contributed by atoms with van der Waals surface area (Å²) in [5.41, 5.74) is -0.282. The topological polar surface area (TPSA) is 25.8 Å². The van der Waals surface area contributed by atoms with Gasteiger partial charge in [-0.2, -0.15) is 13.2 Å². The van der Waals surface area contributed by atoms with Crippen LogP contribution in [0.1, 0.15) is 11.3 Å². The monoisotopic (exact) mass is 340 g/mol. The van der Waals surface area contributed by atoms with Gasteiger partial charge in [0.15, 0.2) is 0 Å². The van der Waals surface area contributed by atoms with Gasteiger partial charge in [0.05, 0.1) is 10.7 Å². The molecule has 2 aromatic rings. The number of hydrogen-bond acceptors (Lipinski definition) is 2. The van der Waals surface area contributed by atoms with Gasteiger partial charge >= 0.3 is 6.18 Å². The van der Waals surface area contributed by atoms with Crippen LogP contribution in [-0.4, -0.2) is 9.97 Å². The van der Waals surface area contributed by atoms with E-state index in [4.69, 9.17) is 34.8 Å². The summed E-state index contributed by atoms with van der Waals surface area (Å²) in [5.74, 6) is 0. The SMILES string of the molecule is Cc1c(Cl)ccc(-c2cc(C(F)(F)F)nc(Cl)n2)c1Cl. The quantitative estimate of drug-likeness (QED) is 0.646. The van der Waals surface area contributed by atoms with Crippen LogP contribution in [-0.2, 0) is 6.18 Å². The summed E-state index contributed by atoms with van der Waals surface area (Å²) in [6.07, 6.45) is -4.62. The molecule has 8 heteroatoms. The van der Waals surface area contributed by atoms with Crippen molar-refractivity contribution in [1.29, 1.82) is 0 Å². The van der Waals surface area contributed by atoms with Crippen molar-refractivity contribution >= 4 is 34.8 Å². The van der Waals surface area contributed by atoms with Crippen molar-refractivity contribution in [2.24, 2.45) is 0 Å². The lowest BCUT2D eigenvalue weighted by atomic mass is 10.1. The Hall–Kier alpha value is -1.04. The number of rotatable bonds is 1. The maximum Gasteiger partial charge on any atom is 0.433 e. The van der Waals surface area contributed by atoms with Crippen LogP contribution in [0.4, 0.5) is 13.2 Å². The Balaban J connectivity index is 2.65. The van der Waals surface area contributed by atoms with Gasteiger partial charge in [0.1, 0.15) is 5.69 Å². The van der Waals surface area contributed by atoms with Gasteiger partial charge in [-0.05, 0) is 42.3 Å². The molecule has 0 saturated carbocycles. The van der Waals surface area contributed by atoms with Gasteiger partial charge in [-0.25, -0.2) is 9.97 Å². The molecule has 2 nitrogen and oxygen atoms in total. The predicted octanol–water partition coefficient (Wildman–Crippen LogP) is 5.43. The third-order valence-electron chi connectivity index (χ3n) is 2.59. The highest BCUT2D eigenvalue weighted by Gasteiger charge is 2.33. The number of aromatic nitrogens is 2. The first-order valence-corrected chi connectivity index (χ1v) is 6.40. The lowest BCUT2D eigenvalue weighted by Gasteiger charge is -2.11. The second-order valence-electron chi connectivity index (χ2n) is 3.94. The molecule has 2 rings (SSSR count). The molecule has 0 aliphatic carbocycles. The van der Waals surface area contributed by atoms with Crippen LogP contribution in [0.15, 0.2) is 18.2 Å². The Kier molecular flexibility index (Phi) is 4.14. The average Bonchev–Trinajstić information content (AvgIpc) is 2.34. The molecule has 0 unspecified atom stereocenters. The smallest absolute Gasteiger partial charge is 0.218 e. The molecule has 0 saturated heterocycles. The van der Waals surface area contributed by atoms with Gasteiger partial charge in [0.2, 0.25) is 5.28 Å². The maximum absolute atomic E-state index is 12.7. The van der Waals surface area contributed by atoms with E-state index in [-0.39, 0.29) is 10.7 Å². The first-order valence-electron chi connectivity index (χ1n) is 5.27. The highest BCUT2D eigenvalue weighted by molar-refractivity contribution is 6.37. The third kappa shape index (κ3) is 3.00. The van der Waals surface area contributed by atoms with Crippen LogP contribution in [0.3, 0.4) is 0 Å². The van der Waals surface area contributed by atoms with E-state index in [1.807, 2.05) is 0 Å². The fourth-order valence-electron chi connectivity index (χ4n) is 1.56. The van der Waals surface area contributed by atoms with Crippen molar-refractivity contribution in [2.75, 3.05) is 0 Å². The Morgan fingerprint density at radius 2 is 1.70 bits per heavy atom. The van der Waals surface area contributed by atoms with E-state index in [1.165, 1.54) is 12.1 Å². The van der Waals surface area contributed by atoms with Crippen molar-refractivity contribution in [3.05, 3.63) is 44.8 Å². The summed E-state index contributed by atoms with van der Waals surface area (Å²) in [6.45, 7) is 1.65. The lowest BCUT2D eigenvalue weighted by Crippen LogP contribution is -2.09. The van der Waals surface area contributed by atoms with Crippen LogP contribution in [0, 0.1) is 6.92 Å². The van der Waals surface area contributed by atoms with E-state index in [0.717, 1.165) is 6.07 Å². The largest absolute Gasteiger partial charge is 0.433 e. The molecule has 0 aliphatic heterocycles. The van der Waals surface area contributed by atoms with Gasteiger partial charge in [-0.3, -0.25) is 0 Å². The number of benzene rings is 1. The van der Waals surface area contributed by atoms with E-state index < -0.39 is 17.2 Å². The summed E-state index contributed by atoms with van der Waals surface area (Å²) >= 11 is 17.5.